The molecule has 13 nitrogen and oxygen atoms in total. The molecule has 0 bridgehead atoms. The van der Waals surface area contributed by atoms with Crippen molar-refractivity contribution in [2.75, 3.05) is 25.4 Å². The lowest BCUT2D eigenvalue weighted by atomic mass is 10.0. The third-order valence-electron chi connectivity index (χ3n) is 5.76. The Morgan fingerprint density at radius 2 is 1.94 bits per heavy atom. The highest BCUT2D eigenvalue weighted by Gasteiger charge is 2.54. The Morgan fingerprint density at radius 3 is 2.56 bits per heavy atom. The van der Waals surface area contributed by atoms with Gasteiger partial charge in [-0.15, -0.1) is 11.8 Å². The van der Waals surface area contributed by atoms with E-state index in [1.54, 1.807) is 30.3 Å². The molecule has 2 fully saturated rings. The molecule has 0 spiro atoms. The maximum atomic E-state index is 13.2. The monoisotopic (exact) mass is 517 g/mol. The summed E-state index contributed by atoms with van der Waals surface area (Å²) in [7, 11) is 0. The smallest absolute Gasteiger partial charge is 0.352 e. The van der Waals surface area contributed by atoms with Crippen molar-refractivity contribution in [3.05, 3.63) is 47.2 Å². The van der Waals surface area contributed by atoms with Gasteiger partial charge in [-0.1, -0.05) is 30.3 Å². The summed E-state index contributed by atoms with van der Waals surface area (Å²) in [4.78, 5) is 75.7. The van der Waals surface area contributed by atoms with Crippen molar-refractivity contribution in [1.29, 1.82) is 0 Å². The van der Waals surface area contributed by atoms with E-state index in [1.807, 2.05) is 0 Å². The number of hydrogen-bond acceptors (Lipinski definition) is 8. The van der Waals surface area contributed by atoms with Gasteiger partial charge in [-0.2, -0.15) is 0 Å². The molecule has 6 amide bonds. The van der Waals surface area contributed by atoms with Gasteiger partial charge >= 0.3 is 24.0 Å². The Hall–Kier alpha value is -4.07. The second-order valence-corrected chi connectivity index (χ2v) is 9.22. The van der Waals surface area contributed by atoms with E-state index < -0.39 is 53.3 Å². The number of carbonyl (C=O) groups excluding carboxylic acids is 5. The number of esters is 1. The molecule has 0 saturated carbocycles. The van der Waals surface area contributed by atoms with E-state index in [0.717, 1.165) is 9.80 Å². The lowest BCUT2D eigenvalue weighted by Crippen LogP contribution is -2.71. The quantitative estimate of drug-likeness (QED) is 0.281. The predicted molar refractivity (Wildman–Crippen MR) is 124 cm³/mol. The van der Waals surface area contributed by atoms with E-state index in [4.69, 9.17) is 4.74 Å². The number of imide groups is 1. The molecule has 3 heterocycles. The van der Waals surface area contributed by atoms with Gasteiger partial charge in [0.1, 0.15) is 29.8 Å². The number of hydrogen-bond donors (Lipinski definition) is 4. The molecule has 2 saturated heterocycles. The van der Waals surface area contributed by atoms with Crippen molar-refractivity contribution < 1.29 is 38.6 Å². The molecule has 4 N–H and O–H groups in total. The maximum absolute atomic E-state index is 13.2. The van der Waals surface area contributed by atoms with Crippen molar-refractivity contribution >= 4 is 47.6 Å². The van der Waals surface area contributed by atoms with Gasteiger partial charge in [0.15, 0.2) is 0 Å². The lowest BCUT2D eigenvalue weighted by Gasteiger charge is -2.49. The molecule has 1 unspecified atom stereocenters. The standard InChI is InChI=1S/C22H23N5O8S/c1-11(28)35-9-13-10-36-19-15(18(30)27(19)16(13)20(31)32)24-17(29)14(12-5-3-2-4-6-12)25-22(34)26-8-7-23-21(26)33/h2-6,14-15,19H,7-10H2,1H3,(H,23,33)(H,24,29)(H,25,34)(H,31,32)/t14?,15-,19-/m1/s1. The fourth-order valence-corrected chi connectivity index (χ4v) is 5.36. The van der Waals surface area contributed by atoms with Gasteiger partial charge in [0, 0.05) is 31.3 Å². The highest BCUT2D eigenvalue weighted by atomic mass is 32.2. The van der Waals surface area contributed by atoms with Crippen LogP contribution < -0.4 is 16.0 Å². The Bertz CT molecular complexity index is 1160. The number of rotatable bonds is 7. The predicted octanol–water partition coefficient (Wildman–Crippen LogP) is -0.236. The number of ether oxygens (including phenoxy) is 1. The van der Waals surface area contributed by atoms with Gasteiger partial charge in [0.05, 0.1) is 0 Å². The number of aliphatic carboxylic acids is 1. The maximum Gasteiger partial charge on any atom is 0.352 e. The molecule has 14 heteroatoms. The lowest BCUT2D eigenvalue weighted by molar-refractivity contribution is -0.151. The number of carboxylic acids is 1. The van der Waals surface area contributed by atoms with Crippen LogP contribution in [-0.4, -0.2) is 87.6 Å². The summed E-state index contributed by atoms with van der Waals surface area (Å²) in [5.41, 5.74) is 0.427. The Kier molecular flexibility index (Phi) is 7.15. The summed E-state index contributed by atoms with van der Waals surface area (Å²) in [5, 5.41) is 16.6. The van der Waals surface area contributed by atoms with Crippen molar-refractivity contribution in [3.8, 4) is 0 Å². The number of amides is 6. The molecule has 3 aliphatic heterocycles. The first-order chi connectivity index (χ1) is 17.2. The number of carboxylic acid groups (broad SMARTS) is 1. The molecule has 190 valence electrons. The van der Waals surface area contributed by atoms with E-state index in [1.165, 1.54) is 18.7 Å². The molecule has 3 atom stereocenters. The van der Waals surface area contributed by atoms with Crippen molar-refractivity contribution in [2.24, 2.45) is 0 Å². The van der Waals surface area contributed by atoms with Crippen LogP contribution in [0.1, 0.15) is 18.5 Å². The van der Waals surface area contributed by atoms with Gasteiger partial charge in [0.25, 0.3) is 5.91 Å². The second kappa shape index (κ2) is 10.3. The van der Waals surface area contributed by atoms with E-state index in [2.05, 4.69) is 16.0 Å². The fourth-order valence-electron chi connectivity index (χ4n) is 4.03. The first-order valence-electron chi connectivity index (χ1n) is 10.9. The van der Waals surface area contributed by atoms with Crippen molar-refractivity contribution in [2.45, 2.75) is 24.4 Å². The first kappa shape index (κ1) is 25.0. The molecule has 1 aromatic carbocycles. The average Bonchev–Trinajstić information content (AvgIpc) is 3.29. The van der Waals surface area contributed by atoms with Crippen molar-refractivity contribution in [3.63, 3.8) is 0 Å². The molecule has 0 aromatic heterocycles. The zero-order chi connectivity index (χ0) is 26.0. The highest BCUT2D eigenvalue weighted by Crippen LogP contribution is 2.40. The molecule has 1 aromatic rings. The van der Waals surface area contributed by atoms with E-state index in [0.29, 0.717) is 12.1 Å². The third kappa shape index (κ3) is 4.84. The van der Waals surface area contributed by atoms with Gasteiger partial charge in [-0.05, 0) is 5.56 Å². The van der Waals surface area contributed by atoms with Crippen LogP contribution in [-0.2, 0) is 23.9 Å². The zero-order valence-electron chi connectivity index (χ0n) is 19.1. The summed E-state index contributed by atoms with van der Waals surface area (Å²) < 4.78 is 4.91. The van der Waals surface area contributed by atoms with Crippen LogP contribution in [0.3, 0.4) is 0 Å². The molecule has 0 radical (unpaired) electrons. The molecule has 0 aliphatic carbocycles. The van der Waals surface area contributed by atoms with E-state index in [-0.39, 0.29) is 30.2 Å². The SMILES string of the molecule is CC(=O)OCC1=C(C(=O)O)N2C(=O)[C@@H](NC(=O)C(NC(=O)N3CCNC3=O)c3ccccc3)[C@H]2SC1. The van der Waals surface area contributed by atoms with Crippen LogP contribution in [0.4, 0.5) is 9.59 Å². The number of urea groups is 2. The molecule has 4 rings (SSSR count). The van der Waals surface area contributed by atoms with Crippen LogP contribution in [0.15, 0.2) is 41.6 Å². The van der Waals surface area contributed by atoms with E-state index >= 15 is 0 Å². The number of thioether (sulfide) groups is 1. The normalized spacial score (nSPS) is 21.7. The number of carbonyl (C=O) groups is 6. The second-order valence-electron chi connectivity index (χ2n) is 8.11. The largest absolute Gasteiger partial charge is 0.477 e. The number of nitrogens with zero attached hydrogens (tertiary/aromatic N) is 2. The first-order valence-corrected chi connectivity index (χ1v) is 12.0. The van der Waals surface area contributed by atoms with Gasteiger partial charge in [0.2, 0.25) is 5.91 Å². The molecular weight excluding hydrogens is 494 g/mol. The summed E-state index contributed by atoms with van der Waals surface area (Å²) in [6, 6.07) is 4.71. The van der Waals surface area contributed by atoms with Crippen LogP contribution in [0.25, 0.3) is 0 Å². The molecular formula is C22H23N5O8S. The number of nitrogens with one attached hydrogen (secondary N) is 3. The number of benzene rings is 1. The summed E-state index contributed by atoms with van der Waals surface area (Å²) in [6.07, 6.45) is 0. The van der Waals surface area contributed by atoms with Crippen LogP contribution in [0, 0.1) is 0 Å². The van der Waals surface area contributed by atoms with Crippen LogP contribution >= 0.6 is 11.8 Å². The number of β-lactam (4-membered cyclic amide) rings is 1. The average molecular weight is 518 g/mol. The van der Waals surface area contributed by atoms with Gasteiger partial charge in [-0.3, -0.25) is 19.3 Å². The summed E-state index contributed by atoms with van der Waals surface area (Å²) in [5.74, 6) is -3.09. The van der Waals surface area contributed by atoms with Crippen molar-refractivity contribution in [1.82, 2.24) is 25.8 Å². The van der Waals surface area contributed by atoms with Gasteiger partial charge < -0.3 is 25.8 Å². The molecule has 3 aliphatic rings. The fraction of sp³-hybridized carbons (Fsp3) is 0.364. The highest BCUT2D eigenvalue weighted by molar-refractivity contribution is 8.00. The van der Waals surface area contributed by atoms with Crippen LogP contribution in [0.2, 0.25) is 0 Å². The van der Waals surface area contributed by atoms with Crippen LogP contribution in [0.5, 0.6) is 0 Å². The molecule has 36 heavy (non-hydrogen) atoms. The Balaban J connectivity index is 1.50. The summed E-state index contributed by atoms with van der Waals surface area (Å²) >= 11 is 1.22. The Morgan fingerprint density at radius 1 is 1.22 bits per heavy atom. The third-order valence-corrected chi connectivity index (χ3v) is 7.10. The number of fused-ring (bicyclic) bond motifs is 1. The minimum Gasteiger partial charge on any atom is -0.477 e. The topological polar surface area (TPSA) is 174 Å². The van der Waals surface area contributed by atoms with E-state index in [9.17, 15) is 33.9 Å². The minimum absolute atomic E-state index is 0.141. The minimum atomic E-state index is -1.35. The Labute approximate surface area is 209 Å². The summed E-state index contributed by atoms with van der Waals surface area (Å²) in [6.45, 7) is 1.36. The zero-order valence-corrected chi connectivity index (χ0v) is 19.9. The van der Waals surface area contributed by atoms with Gasteiger partial charge in [-0.25, -0.2) is 19.3 Å².